The van der Waals surface area contributed by atoms with E-state index in [2.05, 4.69) is 0 Å². The van der Waals surface area contributed by atoms with Gasteiger partial charge in [0.2, 0.25) is 0 Å². The predicted molar refractivity (Wildman–Crippen MR) is 222 cm³/mol. The first kappa shape index (κ1) is 44.9. The molecule has 0 aliphatic heterocycles. The number of allylic oxidation sites excluding steroid dienone is 1. The number of ether oxygens (including phenoxy) is 3. The number of hydrogen-bond donors (Lipinski definition) is 3. The molecule has 9 nitrogen and oxygen atoms in total. The zero-order valence-electron chi connectivity index (χ0n) is 34.2. The standard InChI is InChI=1S/2C16H22O3.C16H20O3/c3*1-2-19-16(18)11-12-3-5-13(6-4-12)14-7-9-15(17)10-8-14/h2*7-10,12-13,17H,2-6,11H2,1H3;7-11,13,17H,2-6H2,1H3. The number of phenolic OH excluding ortho intramolecular Hbond substituents is 3. The Hall–Kier alpha value is -4.79. The van der Waals surface area contributed by atoms with Gasteiger partial charge in [-0.3, -0.25) is 9.59 Å². The first-order valence-corrected chi connectivity index (χ1v) is 21.1. The Balaban J connectivity index is 0.000000189. The lowest BCUT2D eigenvalue weighted by molar-refractivity contribution is -0.145. The molecule has 0 heterocycles. The zero-order chi connectivity index (χ0) is 41.0. The number of benzene rings is 3. The summed E-state index contributed by atoms with van der Waals surface area (Å²) >= 11 is 0. The molecule has 3 aliphatic rings. The first-order chi connectivity index (χ1) is 27.6. The van der Waals surface area contributed by atoms with Gasteiger partial charge < -0.3 is 29.5 Å². The van der Waals surface area contributed by atoms with E-state index >= 15 is 0 Å². The second-order valence-corrected chi connectivity index (χ2v) is 15.6. The van der Waals surface area contributed by atoms with E-state index in [4.69, 9.17) is 14.2 Å². The Labute approximate surface area is 339 Å². The Bertz CT molecular complexity index is 1570. The van der Waals surface area contributed by atoms with E-state index in [0.717, 1.165) is 77.0 Å². The van der Waals surface area contributed by atoms with Crippen molar-refractivity contribution in [1.82, 2.24) is 0 Å². The molecule has 0 saturated heterocycles. The van der Waals surface area contributed by atoms with Crippen LogP contribution >= 0.6 is 0 Å². The molecule has 0 aromatic heterocycles. The molecule has 0 radical (unpaired) electrons. The molecule has 0 unspecified atom stereocenters. The fourth-order valence-electron chi connectivity index (χ4n) is 8.37. The normalized spacial score (nSPS) is 21.7. The average molecular weight is 785 g/mol. The summed E-state index contributed by atoms with van der Waals surface area (Å²) < 4.78 is 14.9. The number of aromatic hydroxyl groups is 3. The van der Waals surface area contributed by atoms with Crippen LogP contribution in [0.3, 0.4) is 0 Å². The third kappa shape index (κ3) is 15.9. The van der Waals surface area contributed by atoms with E-state index in [1.54, 1.807) is 42.5 Å². The molecule has 3 saturated carbocycles. The molecular weight excluding hydrogens is 721 g/mol. The van der Waals surface area contributed by atoms with Crippen LogP contribution in [0.4, 0.5) is 0 Å². The smallest absolute Gasteiger partial charge is 0.330 e. The predicted octanol–water partition coefficient (Wildman–Crippen LogP) is 10.8. The molecule has 0 bridgehead atoms. The summed E-state index contributed by atoms with van der Waals surface area (Å²) in [5.74, 6) is 3.23. The fraction of sp³-hybridized carbons (Fsp3) is 0.521. The van der Waals surface area contributed by atoms with Crippen LogP contribution in [-0.2, 0) is 28.6 Å². The van der Waals surface area contributed by atoms with Crippen molar-refractivity contribution < 1.29 is 43.9 Å². The van der Waals surface area contributed by atoms with Gasteiger partial charge in [-0.05, 0) is 180 Å². The minimum atomic E-state index is -0.222. The van der Waals surface area contributed by atoms with E-state index in [1.165, 1.54) is 22.3 Å². The number of carbonyl (C=O) groups is 3. The number of hydrogen-bond acceptors (Lipinski definition) is 9. The van der Waals surface area contributed by atoms with Crippen LogP contribution in [0, 0.1) is 11.8 Å². The van der Waals surface area contributed by atoms with Gasteiger partial charge >= 0.3 is 17.9 Å². The highest BCUT2D eigenvalue weighted by molar-refractivity contribution is 5.82. The van der Waals surface area contributed by atoms with Crippen molar-refractivity contribution in [2.24, 2.45) is 11.8 Å². The molecule has 0 spiro atoms. The Kier molecular flexibility index (Phi) is 19.0. The summed E-state index contributed by atoms with van der Waals surface area (Å²) in [6, 6.07) is 22.5. The maximum absolute atomic E-state index is 11.5. The molecule has 3 aliphatic carbocycles. The second-order valence-electron chi connectivity index (χ2n) is 15.6. The van der Waals surface area contributed by atoms with E-state index in [1.807, 2.05) is 57.2 Å². The Morgan fingerprint density at radius 3 is 1.12 bits per heavy atom. The van der Waals surface area contributed by atoms with Crippen molar-refractivity contribution in [3.63, 3.8) is 0 Å². The number of phenols is 3. The van der Waals surface area contributed by atoms with Gasteiger partial charge in [0, 0.05) is 18.9 Å². The van der Waals surface area contributed by atoms with Crippen LogP contribution in [0.5, 0.6) is 17.2 Å². The first-order valence-electron chi connectivity index (χ1n) is 21.1. The van der Waals surface area contributed by atoms with E-state index in [-0.39, 0.29) is 17.9 Å². The SMILES string of the molecule is CCOC(=O)C=C1CCC(c2ccc(O)cc2)CC1.CCOC(=O)CC1CCC(c2ccc(O)cc2)CC1.CCOC(=O)CC1CCC(c2ccc(O)cc2)CC1. The van der Waals surface area contributed by atoms with Crippen molar-refractivity contribution in [2.45, 2.75) is 128 Å². The molecule has 3 N–H and O–H groups in total. The van der Waals surface area contributed by atoms with Crippen molar-refractivity contribution in [3.05, 3.63) is 101 Å². The van der Waals surface area contributed by atoms with Crippen molar-refractivity contribution in [2.75, 3.05) is 19.8 Å². The van der Waals surface area contributed by atoms with E-state index < -0.39 is 0 Å². The highest BCUT2D eigenvalue weighted by atomic mass is 16.5. The zero-order valence-corrected chi connectivity index (χ0v) is 34.2. The lowest BCUT2D eigenvalue weighted by Gasteiger charge is -2.28. The van der Waals surface area contributed by atoms with Gasteiger partial charge in [0.05, 0.1) is 19.8 Å². The van der Waals surface area contributed by atoms with Gasteiger partial charge in [0.15, 0.2) is 0 Å². The van der Waals surface area contributed by atoms with Crippen LogP contribution in [0.1, 0.15) is 145 Å². The third-order valence-electron chi connectivity index (χ3n) is 11.5. The Morgan fingerprint density at radius 1 is 0.491 bits per heavy atom. The summed E-state index contributed by atoms with van der Waals surface area (Å²) in [5.41, 5.74) is 5.06. The van der Waals surface area contributed by atoms with Crippen LogP contribution in [0.25, 0.3) is 0 Å². The summed E-state index contributed by atoms with van der Waals surface area (Å²) in [6.07, 6.45) is 15.6. The molecule has 3 aromatic rings. The lowest BCUT2D eigenvalue weighted by atomic mass is 9.77. The van der Waals surface area contributed by atoms with Gasteiger partial charge in [-0.2, -0.15) is 0 Å². The van der Waals surface area contributed by atoms with Gasteiger partial charge in [-0.15, -0.1) is 0 Å². The topological polar surface area (TPSA) is 140 Å². The number of carbonyl (C=O) groups excluding carboxylic acids is 3. The molecule has 0 atom stereocenters. The van der Waals surface area contributed by atoms with Crippen LogP contribution in [0.15, 0.2) is 84.4 Å². The third-order valence-corrected chi connectivity index (χ3v) is 11.5. The van der Waals surface area contributed by atoms with Crippen LogP contribution in [-0.4, -0.2) is 53.0 Å². The second kappa shape index (κ2) is 24.1. The minimum Gasteiger partial charge on any atom is -0.508 e. The maximum Gasteiger partial charge on any atom is 0.330 e. The minimum absolute atomic E-state index is 0.0596. The van der Waals surface area contributed by atoms with Gasteiger partial charge in [-0.25, -0.2) is 4.79 Å². The van der Waals surface area contributed by atoms with Crippen LogP contribution in [0.2, 0.25) is 0 Å². The maximum atomic E-state index is 11.5. The number of rotatable bonds is 11. The average Bonchev–Trinajstić information content (AvgIpc) is 3.21. The summed E-state index contributed by atoms with van der Waals surface area (Å²) in [5, 5.41) is 27.9. The van der Waals surface area contributed by atoms with E-state index in [0.29, 0.717) is 79.5 Å². The molecule has 9 heteroatoms. The molecule has 57 heavy (non-hydrogen) atoms. The van der Waals surface area contributed by atoms with Gasteiger partial charge in [-0.1, -0.05) is 42.0 Å². The quantitative estimate of drug-likeness (QED) is 0.0984. The monoisotopic (exact) mass is 784 g/mol. The van der Waals surface area contributed by atoms with Crippen molar-refractivity contribution >= 4 is 17.9 Å². The molecular formula is C48H64O9. The lowest BCUT2D eigenvalue weighted by Crippen LogP contribution is -2.17. The highest BCUT2D eigenvalue weighted by Crippen LogP contribution is 2.39. The number of esters is 3. The van der Waals surface area contributed by atoms with Crippen molar-refractivity contribution in [3.8, 4) is 17.2 Å². The molecule has 310 valence electrons. The van der Waals surface area contributed by atoms with E-state index in [9.17, 15) is 29.7 Å². The molecule has 3 aromatic carbocycles. The van der Waals surface area contributed by atoms with Crippen LogP contribution < -0.4 is 0 Å². The highest BCUT2D eigenvalue weighted by Gasteiger charge is 2.26. The molecule has 6 rings (SSSR count). The van der Waals surface area contributed by atoms with Gasteiger partial charge in [0.25, 0.3) is 0 Å². The Morgan fingerprint density at radius 2 is 0.807 bits per heavy atom. The summed E-state index contributed by atoms with van der Waals surface area (Å²) in [6.45, 7) is 6.89. The van der Waals surface area contributed by atoms with Crippen molar-refractivity contribution in [1.29, 1.82) is 0 Å². The summed E-state index contributed by atoms with van der Waals surface area (Å²) in [4.78, 5) is 34.3. The molecule has 3 fully saturated rings. The largest absolute Gasteiger partial charge is 0.508 e. The summed E-state index contributed by atoms with van der Waals surface area (Å²) in [7, 11) is 0. The fourth-order valence-corrected chi connectivity index (χ4v) is 8.37. The van der Waals surface area contributed by atoms with Gasteiger partial charge in [0.1, 0.15) is 17.2 Å². The molecule has 0 amide bonds.